The molecule has 194 valence electrons. The van der Waals surface area contributed by atoms with Gasteiger partial charge in [-0.05, 0) is 17.2 Å². The van der Waals surface area contributed by atoms with Crippen molar-refractivity contribution < 1.29 is 14.3 Å². The first-order valence-electron chi connectivity index (χ1n) is 12.1. The number of rotatable bonds is 7. The van der Waals surface area contributed by atoms with E-state index in [1.165, 1.54) is 0 Å². The van der Waals surface area contributed by atoms with Gasteiger partial charge in [0, 0.05) is 37.8 Å². The Morgan fingerprint density at radius 3 is 2.03 bits per heavy atom. The van der Waals surface area contributed by atoms with E-state index in [2.05, 4.69) is 10.3 Å². The van der Waals surface area contributed by atoms with Crippen molar-refractivity contribution in [1.82, 2.24) is 10.3 Å². The van der Waals surface area contributed by atoms with Crippen LogP contribution in [0.2, 0.25) is 0 Å². The topological polar surface area (TPSA) is 92.4 Å². The van der Waals surface area contributed by atoms with E-state index in [4.69, 9.17) is 20.2 Å². The van der Waals surface area contributed by atoms with Gasteiger partial charge in [-0.15, -0.1) is 12.4 Å². The van der Waals surface area contributed by atoms with Crippen molar-refractivity contribution >= 4 is 30.2 Å². The van der Waals surface area contributed by atoms with Crippen LogP contribution in [-0.2, 0) is 10.5 Å². The summed E-state index contributed by atoms with van der Waals surface area (Å²) in [5.74, 6) is 0.238. The highest BCUT2D eigenvalue weighted by Gasteiger charge is 2.46. The molecule has 1 unspecified atom stereocenters. The summed E-state index contributed by atoms with van der Waals surface area (Å²) in [7, 11) is 3.17. The first kappa shape index (κ1) is 26.6. The summed E-state index contributed by atoms with van der Waals surface area (Å²) in [4.78, 5) is 19.2. The van der Waals surface area contributed by atoms with Crippen LogP contribution in [0.4, 0.5) is 5.69 Å². The fourth-order valence-corrected chi connectivity index (χ4v) is 4.94. The maximum absolute atomic E-state index is 14.5. The van der Waals surface area contributed by atoms with Crippen LogP contribution in [0.5, 0.6) is 11.5 Å². The molecule has 8 nitrogen and oxygen atoms in total. The van der Waals surface area contributed by atoms with Crippen molar-refractivity contribution in [3.63, 3.8) is 0 Å². The third kappa shape index (κ3) is 4.93. The molecular formula is C28H32ClN5O3. The van der Waals surface area contributed by atoms with Crippen LogP contribution >= 0.6 is 12.4 Å². The zero-order valence-corrected chi connectivity index (χ0v) is 21.8. The standard InChI is InChI=1S/C28H31N5O3.ClH/c1-35-24-17-22-23(18-25(24)36-2)33(32-15-13-30-14-16-32)19-31-28(22,29)27(34)26(20-9-5-3-6-10-20)21-11-7-4-8-12-21;/h3-12,17-19,26,30H,13-16,29H2,1-2H3;1H. The Kier molecular flexibility index (Phi) is 8.14. The zero-order valence-electron chi connectivity index (χ0n) is 21.0. The van der Waals surface area contributed by atoms with Gasteiger partial charge in [0.05, 0.1) is 25.8 Å². The zero-order chi connectivity index (χ0) is 25.1. The van der Waals surface area contributed by atoms with E-state index in [-0.39, 0.29) is 18.2 Å². The van der Waals surface area contributed by atoms with Crippen LogP contribution in [-0.4, -0.2) is 57.5 Å². The second-order valence-corrected chi connectivity index (χ2v) is 8.90. The molecule has 2 aliphatic rings. The summed E-state index contributed by atoms with van der Waals surface area (Å²) >= 11 is 0. The van der Waals surface area contributed by atoms with Gasteiger partial charge in [0.25, 0.3) is 0 Å². The number of benzene rings is 3. The molecule has 1 saturated heterocycles. The molecule has 0 amide bonds. The van der Waals surface area contributed by atoms with Crippen molar-refractivity contribution in [3.8, 4) is 11.5 Å². The van der Waals surface area contributed by atoms with Gasteiger partial charge in [0.2, 0.25) is 0 Å². The Morgan fingerprint density at radius 1 is 0.946 bits per heavy atom. The Labute approximate surface area is 223 Å². The third-order valence-electron chi connectivity index (χ3n) is 6.83. The number of hydrogen-bond donors (Lipinski definition) is 2. The highest BCUT2D eigenvalue weighted by Crippen LogP contribution is 2.44. The molecule has 3 N–H and O–H groups in total. The van der Waals surface area contributed by atoms with Crippen molar-refractivity contribution in [2.45, 2.75) is 11.6 Å². The molecule has 3 aromatic rings. The number of ketones is 1. The van der Waals surface area contributed by atoms with Gasteiger partial charge in [0.15, 0.2) is 22.9 Å². The summed E-state index contributed by atoms with van der Waals surface area (Å²) in [6, 6.07) is 23.1. The average molecular weight is 522 g/mol. The van der Waals surface area contributed by atoms with Crippen LogP contribution in [0.15, 0.2) is 77.8 Å². The number of halogens is 1. The number of nitrogens with one attached hydrogen (secondary N) is 1. The number of aliphatic imine (C=N–C) groups is 1. The SMILES string of the molecule is COc1cc2c(cc1OC)C(N)(C(=O)C(c1ccccc1)c1ccccc1)N=CN2N1CCNCC1.Cl. The molecule has 3 aromatic carbocycles. The molecule has 9 heteroatoms. The molecule has 1 atom stereocenters. The van der Waals surface area contributed by atoms with Crippen LogP contribution in [0, 0.1) is 0 Å². The van der Waals surface area contributed by atoms with E-state index in [1.54, 1.807) is 26.6 Å². The van der Waals surface area contributed by atoms with Gasteiger partial charge < -0.3 is 14.8 Å². The normalized spacial score (nSPS) is 19.2. The fourth-order valence-electron chi connectivity index (χ4n) is 4.94. The van der Waals surface area contributed by atoms with Gasteiger partial charge in [0.1, 0.15) is 6.34 Å². The summed E-state index contributed by atoms with van der Waals surface area (Å²) in [5.41, 5.74) is 8.41. The van der Waals surface area contributed by atoms with E-state index in [0.717, 1.165) is 43.0 Å². The first-order chi connectivity index (χ1) is 17.6. The minimum Gasteiger partial charge on any atom is -0.493 e. The first-order valence-corrected chi connectivity index (χ1v) is 12.1. The number of hydrazine groups is 1. The van der Waals surface area contributed by atoms with Gasteiger partial charge in [-0.2, -0.15) is 0 Å². The second-order valence-electron chi connectivity index (χ2n) is 8.90. The van der Waals surface area contributed by atoms with E-state index in [0.29, 0.717) is 17.1 Å². The van der Waals surface area contributed by atoms with Gasteiger partial charge in [-0.25, -0.2) is 10.0 Å². The lowest BCUT2D eigenvalue weighted by molar-refractivity contribution is -0.125. The van der Waals surface area contributed by atoms with Crippen LogP contribution < -0.4 is 25.5 Å². The number of hydrogen-bond acceptors (Lipinski definition) is 8. The van der Waals surface area contributed by atoms with Crippen molar-refractivity contribution in [2.24, 2.45) is 10.7 Å². The predicted molar refractivity (Wildman–Crippen MR) is 148 cm³/mol. The number of methoxy groups -OCH3 is 2. The molecular weight excluding hydrogens is 490 g/mol. The minimum absolute atomic E-state index is 0. The van der Waals surface area contributed by atoms with Crippen molar-refractivity contribution in [3.05, 3.63) is 89.5 Å². The second kappa shape index (κ2) is 11.3. The summed E-state index contributed by atoms with van der Waals surface area (Å²) < 4.78 is 11.2. The maximum atomic E-state index is 14.5. The Bertz CT molecular complexity index is 1210. The Morgan fingerprint density at radius 2 is 1.49 bits per heavy atom. The monoisotopic (exact) mass is 521 g/mol. The molecule has 0 aliphatic carbocycles. The largest absolute Gasteiger partial charge is 0.493 e. The predicted octanol–water partition coefficient (Wildman–Crippen LogP) is 3.31. The highest BCUT2D eigenvalue weighted by atomic mass is 35.5. The summed E-state index contributed by atoms with van der Waals surface area (Å²) in [6.07, 6.45) is 1.67. The highest BCUT2D eigenvalue weighted by molar-refractivity contribution is 6.02. The number of nitrogens with zero attached hydrogens (tertiary/aromatic N) is 3. The molecule has 0 bridgehead atoms. The van der Waals surface area contributed by atoms with E-state index in [9.17, 15) is 4.79 Å². The quantitative estimate of drug-likeness (QED) is 0.493. The fraction of sp³-hybridized carbons (Fsp3) is 0.286. The smallest absolute Gasteiger partial charge is 0.197 e. The number of Topliss-reactive ketones (excluding diaryl/α,β-unsaturated/α-hetero) is 1. The van der Waals surface area contributed by atoms with E-state index < -0.39 is 11.6 Å². The van der Waals surface area contributed by atoms with Gasteiger partial charge in [-0.3, -0.25) is 15.5 Å². The van der Waals surface area contributed by atoms with Crippen LogP contribution in [0.1, 0.15) is 22.6 Å². The number of fused-ring (bicyclic) bond motifs is 1. The molecule has 2 heterocycles. The molecule has 0 radical (unpaired) electrons. The lowest BCUT2D eigenvalue weighted by atomic mass is 9.79. The maximum Gasteiger partial charge on any atom is 0.197 e. The van der Waals surface area contributed by atoms with Crippen LogP contribution in [0.3, 0.4) is 0 Å². The molecule has 5 rings (SSSR count). The summed E-state index contributed by atoms with van der Waals surface area (Å²) in [6.45, 7) is 3.29. The molecule has 1 fully saturated rings. The molecule has 37 heavy (non-hydrogen) atoms. The van der Waals surface area contributed by atoms with Crippen molar-refractivity contribution in [2.75, 3.05) is 45.4 Å². The number of anilines is 1. The van der Waals surface area contributed by atoms with Crippen LogP contribution in [0.25, 0.3) is 0 Å². The molecule has 2 aliphatic heterocycles. The number of carbonyl (C=O) groups is 1. The number of nitrogens with two attached hydrogens (primary N) is 1. The molecule has 0 spiro atoms. The van der Waals surface area contributed by atoms with E-state index in [1.807, 2.05) is 71.7 Å². The average Bonchev–Trinajstić information content (AvgIpc) is 2.94. The number of ether oxygens (including phenoxy) is 2. The lowest BCUT2D eigenvalue weighted by Gasteiger charge is -2.42. The third-order valence-corrected chi connectivity index (χ3v) is 6.83. The number of carbonyl (C=O) groups excluding carboxylic acids is 1. The minimum atomic E-state index is -1.63. The van der Waals surface area contributed by atoms with Gasteiger partial charge >= 0.3 is 0 Å². The Hall–Kier alpha value is -3.43. The molecule has 0 aromatic heterocycles. The molecule has 0 saturated carbocycles. The van der Waals surface area contributed by atoms with Gasteiger partial charge in [-0.1, -0.05) is 60.7 Å². The van der Waals surface area contributed by atoms with Crippen molar-refractivity contribution in [1.29, 1.82) is 0 Å². The number of piperazine rings is 1. The van der Waals surface area contributed by atoms with E-state index >= 15 is 0 Å². The Balaban J connectivity index is 0.00000320. The lowest BCUT2D eigenvalue weighted by Crippen LogP contribution is -2.56. The summed E-state index contributed by atoms with van der Waals surface area (Å²) in [5, 5.41) is 7.52.